The van der Waals surface area contributed by atoms with E-state index in [2.05, 4.69) is 10.6 Å². The summed E-state index contributed by atoms with van der Waals surface area (Å²) in [6.07, 6.45) is 0. The summed E-state index contributed by atoms with van der Waals surface area (Å²) in [4.78, 5) is 22.8. The molecule has 0 radical (unpaired) electrons. The zero-order chi connectivity index (χ0) is 16.8. The SMILES string of the molecule is CC(=O)Nc1cccc(OCC(=O)Nc2ccc(F)c(Cl)c2)c1. The summed E-state index contributed by atoms with van der Waals surface area (Å²) >= 11 is 5.64. The molecule has 2 aromatic rings. The van der Waals surface area contributed by atoms with E-state index in [9.17, 15) is 14.0 Å². The predicted octanol–water partition coefficient (Wildman–Crippen LogP) is 3.46. The van der Waals surface area contributed by atoms with Gasteiger partial charge < -0.3 is 15.4 Å². The third kappa shape index (κ3) is 5.27. The summed E-state index contributed by atoms with van der Waals surface area (Å²) in [5.74, 6) is -0.745. The lowest BCUT2D eigenvalue weighted by atomic mass is 10.3. The fourth-order valence-electron chi connectivity index (χ4n) is 1.79. The van der Waals surface area contributed by atoms with Gasteiger partial charge in [0.2, 0.25) is 5.91 Å². The van der Waals surface area contributed by atoms with Crippen LogP contribution in [0.2, 0.25) is 5.02 Å². The minimum absolute atomic E-state index is 0.0771. The van der Waals surface area contributed by atoms with Gasteiger partial charge in [0, 0.05) is 24.4 Å². The minimum atomic E-state index is -0.560. The van der Waals surface area contributed by atoms with E-state index in [4.69, 9.17) is 16.3 Å². The third-order valence-electron chi connectivity index (χ3n) is 2.73. The fraction of sp³-hybridized carbons (Fsp3) is 0.125. The number of hydrogen-bond acceptors (Lipinski definition) is 3. The number of nitrogens with one attached hydrogen (secondary N) is 2. The molecule has 0 aromatic heterocycles. The van der Waals surface area contributed by atoms with E-state index in [0.29, 0.717) is 17.1 Å². The number of amides is 2. The van der Waals surface area contributed by atoms with Crippen molar-refractivity contribution in [3.63, 3.8) is 0 Å². The average molecular weight is 337 g/mol. The highest BCUT2D eigenvalue weighted by molar-refractivity contribution is 6.31. The van der Waals surface area contributed by atoms with Gasteiger partial charge in [-0.25, -0.2) is 4.39 Å². The molecule has 0 bridgehead atoms. The molecular formula is C16H14ClFN2O3. The maximum atomic E-state index is 13.0. The Labute approximate surface area is 137 Å². The molecule has 0 unspecified atom stereocenters. The Hall–Kier alpha value is -2.60. The molecule has 0 spiro atoms. The molecule has 5 nitrogen and oxygen atoms in total. The van der Waals surface area contributed by atoms with E-state index in [-0.39, 0.29) is 17.5 Å². The third-order valence-corrected chi connectivity index (χ3v) is 3.02. The Kier molecular flexibility index (Phi) is 5.54. The highest BCUT2D eigenvalue weighted by Gasteiger charge is 2.07. The van der Waals surface area contributed by atoms with E-state index in [1.54, 1.807) is 24.3 Å². The van der Waals surface area contributed by atoms with Crippen LogP contribution in [0, 0.1) is 5.82 Å². The van der Waals surface area contributed by atoms with Gasteiger partial charge in [-0.05, 0) is 30.3 Å². The number of anilines is 2. The lowest BCUT2D eigenvalue weighted by Gasteiger charge is -2.09. The lowest BCUT2D eigenvalue weighted by Crippen LogP contribution is -2.20. The van der Waals surface area contributed by atoms with Gasteiger partial charge in [0.25, 0.3) is 5.91 Å². The molecule has 2 rings (SSSR count). The molecule has 0 saturated heterocycles. The van der Waals surface area contributed by atoms with Crippen molar-refractivity contribution in [1.29, 1.82) is 0 Å². The summed E-state index contributed by atoms with van der Waals surface area (Å²) < 4.78 is 18.4. The highest BCUT2D eigenvalue weighted by atomic mass is 35.5. The van der Waals surface area contributed by atoms with Crippen LogP contribution in [0.1, 0.15) is 6.92 Å². The topological polar surface area (TPSA) is 67.4 Å². The van der Waals surface area contributed by atoms with Crippen LogP contribution in [0.5, 0.6) is 5.75 Å². The molecule has 2 amide bonds. The van der Waals surface area contributed by atoms with Gasteiger partial charge in [0.15, 0.2) is 6.61 Å². The van der Waals surface area contributed by atoms with Gasteiger partial charge >= 0.3 is 0 Å². The summed E-state index contributed by atoms with van der Waals surface area (Å²) in [5.41, 5.74) is 0.942. The molecule has 0 aliphatic carbocycles. The minimum Gasteiger partial charge on any atom is -0.484 e. The molecule has 2 aromatic carbocycles. The van der Waals surface area contributed by atoms with Crippen molar-refractivity contribution < 1.29 is 18.7 Å². The number of ether oxygens (including phenoxy) is 1. The van der Waals surface area contributed by atoms with Crippen LogP contribution in [-0.2, 0) is 9.59 Å². The van der Waals surface area contributed by atoms with Crippen LogP contribution in [0.15, 0.2) is 42.5 Å². The normalized spacial score (nSPS) is 10.0. The molecule has 0 saturated carbocycles. The summed E-state index contributed by atoms with van der Waals surface area (Å²) in [7, 11) is 0. The van der Waals surface area contributed by atoms with Crippen LogP contribution in [-0.4, -0.2) is 18.4 Å². The fourth-order valence-corrected chi connectivity index (χ4v) is 1.97. The van der Waals surface area contributed by atoms with Crippen LogP contribution < -0.4 is 15.4 Å². The van der Waals surface area contributed by atoms with Crippen LogP contribution in [0.3, 0.4) is 0 Å². The van der Waals surface area contributed by atoms with Crippen LogP contribution in [0.25, 0.3) is 0 Å². The zero-order valence-corrected chi connectivity index (χ0v) is 13.0. The van der Waals surface area contributed by atoms with E-state index in [1.165, 1.54) is 19.1 Å². The number of halogens is 2. The summed E-state index contributed by atoms with van der Waals surface area (Å²) in [5, 5.41) is 5.08. The van der Waals surface area contributed by atoms with Crippen molar-refractivity contribution in [2.45, 2.75) is 6.92 Å². The van der Waals surface area contributed by atoms with E-state index < -0.39 is 11.7 Å². The first-order valence-electron chi connectivity index (χ1n) is 6.69. The van der Waals surface area contributed by atoms with Gasteiger partial charge in [-0.3, -0.25) is 9.59 Å². The smallest absolute Gasteiger partial charge is 0.262 e. The molecule has 120 valence electrons. The molecule has 2 N–H and O–H groups in total. The second-order valence-electron chi connectivity index (χ2n) is 4.67. The Balaban J connectivity index is 1.91. The molecule has 0 aliphatic rings. The van der Waals surface area contributed by atoms with Crippen molar-refractivity contribution in [3.05, 3.63) is 53.3 Å². The quantitative estimate of drug-likeness (QED) is 0.878. The Bertz CT molecular complexity index is 737. The molecule has 0 fully saturated rings. The average Bonchev–Trinajstić information content (AvgIpc) is 2.49. The van der Waals surface area contributed by atoms with Gasteiger partial charge in [0.05, 0.1) is 5.02 Å². The number of carbonyl (C=O) groups excluding carboxylic acids is 2. The van der Waals surface area contributed by atoms with E-state index in [1.807, 2.05) is 0 Å². The van der Waals surface area contributed by atoms with E-state index >= 15 is 0 Å². The Morgan fingerprint density at radius 1 is 1.13 bits per heavy atom. The van der Waals surface area contributed by atoms with E-state index in [0.717, 1.165) is 6.07 Å². The summed E-state index contributed by atoms with van der Waals surface area (Å²) in [6.45, 7) is 1.16. The number of rotatable bonds is 5. The molecule has 0 heterocycles. The number of hydrogen-bond donors (Lipinski definition) is 2. The van der Waals surface area contributed by atoms with Gasteiger partial charge in [-0.1, -0.05) is 17.7 Å². The van der Waals surface area contributed by atoms with Crippen LogP contribution >= 0.6 is 11.6 Å². The number of carbonyl (C=O) groups is 2. The number of benzene rings is 2. The second-order valence-corrected chi connectivity index (χ2v) is 5.08. The lowest BCUT2D eigenvalue weighted by molar-refractivity contribution is -0.118. The summed E-state index contributed by atoms with van der Waals surface area (Å²) in [6, 6.07) is 10.5. The maximum absolute atomic E-state index is 13.0. The first-order chi connectivity index (χ1) is 10.9. The standard InChI is InChI=1S/C16H14ClFN2O3/c1-10(21)19-11-3-2-4-13(7-11)23-9-16(22)20-12-5-6-15(18)14(17)8-12/h2-8H,9H2,1H3,(H,19,21)(H,20,22). The van der Waals surface area contributed by atoms with Crippen molar-refractivity contribution >= 4 is 34.8 Å². The molecule has 0 atom stereocenters. The predicted molar refractivity (Wildman–Crippen MR) is 86.3 cm³/mol. The van der Waals surface area contributed by atoms with Crippen molar-refractivity contribution in [1.82, 2.24) is 0 Å². The van der Waals surface area contributed by atoms with Crippen molar-refractivity contribution in [2.24, 2.45) is 0 Å². The molecule has 0 aliphatic heterocycles. The Morgan fingerprint density at radius 2 is 1.87 bits per heavy atom. The zero-order valence-electron chi connectivity index (χ0n) is 12.2. The molecule has 23 heavy (non-hydrogen) atoms. The largest absolute Gasteiger partial charge is 0.484 e. The maximum Gasteiger partial charge on any atom is 0.262 e. The van der Waals surface area contributed by atoms with Crippen LogP contribution in [0.4, 0.5) is 15.8 Å². The van der Waals surface area contributed by atoms with Gasteiger partial charge in [-0.2, -0.15) is 0 Å². The van der Waals surface area contributed by atoms with Gasteiger partial charge in [0.1, 0.15) is 11.6 Å². The first kappa shape index (κ1) is 16.8. The molecular weight excluding hydrogens is 323 g/mol. The highest BCUT2D eigenvalue weighted by Crippen LogP contribution is 2.20. The Morgan fingerprint density at radius 3 is 2.57 bits per heavy atom. The first-order valence-corrected chi connectivity index (χ1v) is 7.07. The van der Waals surface area contributed by atoms with Gasteiger partial charge in [-0.15, -0.1) is 0 Å². The van der Waals surface area contributed by atoms with Crippen molar-refractivity contribution in [2.75, 3.05) is 17.2 Å². The monoisotopic (exact) mass is 336 g/mol. The van der Waals surface area contributed by atoms with Crippen molar-refractivity contribution in [3.8, 4) is 5.75 Å². The molecule has 7 heteroatoms. The second kappa shape index (κ2) is 7.60.